The van der Waals surface area contributed by atoms with Crippen molar-refractivity contribution in [3.05, 3.63) is 35.6 Å². The third-order valence-electron chi connectivity index (χ3n) is 4.10. The minimum absolute atomic E-state index is 0.0278. The van der Waals surface area contributed by atoms with E-state index in [0.717, 1.165) is 25.7 Å². The second-order valence-corrected chi connectivity index (χ2v) is 5.56. The molecule has 0 aliphatic heterocycles. The standard InChI is InChI=1S/C17H20FNO/c18-15-10-6-9-14(11-15)16(12-19)17(20)13-7-4-2-1-3-5-8-13/h6,9-11,13,16H,1-5,7-8H2. The number of nitrogens with zero attached hydrogens (tertiary/aromatic N) is 1. The van der Waals surface area contributed by atoms with Gasteiger partial charge in [-0.1, -0.05) is 44.2 Å². The summed E-state index contributed by atoms with van der Waals surface area (Å²) in [6, 6.07) is 7.91. The van der Waals surface area contributed by atoms with Crippen LogP contribution in [0, 0.1) is 23.1 Å². The van der Waals surface area contributed by atoms with Gasteiger partial charge in [-0.15, -0.1) is 0 Å². The summed E-state index contributed by atoms with van der Waals surface area (Å²) >= 11 is 0. The Balaban J connectivity index is 2.14. The van der Waals surface area contributed by atoms with Crippen LogP contribution in [0.25, 0.3) is 0 Å². The van der Waals surface area contributed by atoms with Crippen LogP contribution >= 0.6 is 0 Å². The largest absolute Gasteiger partial charge is 0.298 e. The highest BCUT2D eigenvalue weighted by Crippen LogP contribution is 2.29. The molecule has 1 atom stereocenters. The summed E-state index contributed by atoms with van der Waals surface area (Å²) in [6.45, 7) is 0. The highest BCUT2D eigenvalue weighted by atomic mass is 19.1. The lowest BCUT2D eigenvalue weighted by molar-refractivity contribution is -0.123. The second-order valence-electron chi connectivity index (χ2n) is 5.56. The molecule has 0 aromatic heterocycles. The van der Waals surface area contributed by atoms with Gasteiger partial charge in [-0.25, -0.2) is 4.39 Å². The quantitative estimate of drug-likeness (QED) is 0.820. The second kappa shape index (κ2) is 7.19. The molecule has 1 aromatic carbocycles. The first-order valence-electron chi connectivity index (χ1n) is 7.41. The van der Waals surface area contributed by atoms with Gasteiger partial charge in [0.05, 0.1) is 6.07 Å². The third kappa shape index (κ3) is 3.66. The molecule has 1 saturated carbocycles. The molecule has 0 saturated heterocycles. The summed E-state index contributed by atoms with van der Waals surface area (Å²) in [6.07, 6.45) is 7.42. The van der Waals surface area contributed by atoms with E-state index in [1.54, 1.807) is 12.1 Å². The van der Waals surface area contributed by atoms with E-state index in [1.165, 1.54) is 31.4 Å². The summed E-state index contributed by atoms with van der Waals surface area (Å²) in [4.78, 5) is 12.6. The molecule has 2 nitrogen and oxygen atoms in total. The molecule has 0 spiro atoms. The Labute approximate surface area is 119 Å². The number of Topliss-reactive ketones (excluding diaryl/α,β-unsaturated/α-hetero) is 1. The van der Waals surface area contributed by atoms with E-state index in [0.29, 0.717) is 5.56 Å². The number of nitriles is 1. The Morgan fingerprint density at radius 1 is 1.20 bits per heavy atom. The third-order valence-corrected chi connectivity index (χ3v) is 4.10. The van der Waals surface area contributed by atoms with Gasteiger partial charge in [0, 0.05) is 5.92 Å². The van der Waals surface area contributed by atoms with Gasteiger partial charge in [-0.2, -0.15) is 5.26 Å². The molecule has 106 valence electrons. The van der Waals surface area contributed by atoms with Crippen molar-refractivity contribution in [3.63, 3.8) is 0 Å². The zero-order chi connectivity index (χ0) is 14.4. The highest BCUT2D eigenvalue weighted by Gasteiger charge is 2.28. The number of ketones is 1. The molecule has 0 N–H and O–H groups in total. The SMILES string of the molecule is N#CC(C(=O)C1CCCCCCC1)c1cccc(F)c1. The smallest absolute Gasteiger partial charge is 0.157 e. The van der Waals surface area contributed by atoms with Crippen LogP contribution < -0.4 is 0 Å². The van der Waals surface area contributed by atoms with Crippen molar-refractivity contribution in [2.45, 2.75) is 50.9 Å². The minimum atomic E-state index is -0.824. The van der Waals surface area contributed by atoms with Crippen molar-refractivity contribution in [2.24, 2.45) is 5.92 Å². The monoisotopic (exact) mass is 273 g/mol. The Hall–Kier alpha value is -1.69. The first kappa shape index (κ1) is 14.7. The molecule has 0 radical (unpaired) electrons. The van der Waals surface area contributed by atoms with E-state index in [-0.39, 0.29) is 11.7 Å². The maximum atomic E-state index is 13.3. The Morgan fingerprint density at radius 3 is 2.45 bits per heavy atom. The number of hydrogen-bond donors (Lipinski definition) is 0. The molecule has 20 heavy (non-hydrogen) atoms. The van der Waals surface area contributed by atoms with Crippen molar-refractivity contribution in [1.29, 1.82) is 5.26 Å². The molecule has 1 aliphatic carbocycles. The van der Waals surface area contributed by atoms with Crippen molar-refractivity contribution < 1.29 is 9.18 Å². The number of rotatable bonds is 3. The Kier molecular flexibility index (Phi) is 5.29. The predicted molar refractivity (Wildman–Crippen MR) is 75.6 cm³/mol. The molecule has 1 aromatic rings. The van der Waals surface area contributed by atoms with Crippen LogP contribution in [-0.2, 0) is 4.79 Å². The van der Waals surface area contributed by atoms with Crippen LogP contribution in [0.1, 0.15) is 56.4 Å². The van der Waals surface area contributed by atoms with Gasteiger partial charge in [0.15, 0.2) is 5.78 Å². The van der Waals surface area contributed by atoms with Crippen molar-refractivity contribution >= 4 is 5.78 Å². The number of benzene rings is 1. The van der Waals surface area contributed by atoms with E-state index in [9.17, 15) is 14.4 Å². The lowest BCUT2D eigenvalue weighted by Gasteiger charge is -2.21. The van der Waals surface area contributed by atoms with Crippen LogP contribution in [0.5, 0.6) is 0 Å². The normalized spacial score (nSPS) is 18.6. The van der Waals surface area contributed by atoms with Gasteiger partial charge in [-0.05, 0) is 30.5 Å². The molecule has 2 rings (SSSR count). The molecule has 1 aliphatic rings. The number of carbonyl (C=O) groups is 1. The lowest BCUT2D eigenvalue weighted by Crippen LogP contribution is -2.22. The highest BCUT2D eigenvalue weighted by molar-refractivity contribution is 5.90. The van der Waals surface area contributed by atoms with E-state index in [2.05, 4.69) is 6.07 Å². The van der Waals surface area contributed by atoms with Crippen molar-refractivity contribution in [3.8, 4) is 6.07 Å². The van der Waals surface area contributed by atoms with E-state index in [4.69, 9.17) is 0 Å². The fourth-order valence-corrected chi connectivity index (χ4v) is 2.96. The van der Waals surface area contributed by atoms with Gasteiger partial charge in [-0.3, -0.25) is 4.79 Å². The molecule has 0 bridgehead atoms. The van der Waals surface area contributed by atoms with E-state index < -0.39 is 11.7 Å². The summed E-state index contributed by atoms with van der Waals surface area (Å²) in [5.74, 6) is -1.29. The molecule has 0 amide bonds. The maximum Gasteiger partial charge on any atom is 0.157 e. The summed E-state index contributed by atoms with van der Waals surface area (Å²) < 4.78 is 13.3. The zero-order valence-electron chi connectivity index (χ0n) is 11.6. The Morgan fingerprint density at radius 2 is 1.85 bits per heavy atom. The van der Waals surface area contributed by atoms with Gasteiger partial charge in [0.2, 0.25) is 0 Å². The zero-order valence-corrected chi connectivity index (χ0v) is 11.6. The fraction of sp³-hybridized carbons (Fsp3) is 0.529. The molecule has 0 heterocycles. The van der Waals surface area contributed by atoms with Gasteiger partial charge >= 0.3 is 0 Å². The average Bonchev–Trinajstić information content (AvgIpc) is 2.39. The molecular weight excluding hydrogens is 253 g/mol. The van der Waals surface area contributed by atoms with Crippen LogP contribution in [0.2, 0.25) is 0 Å². The predicted octanol–water partition coefficient (Wildman–Crippen LogP) is 4.36. The van der Waals surface area contributed by atoms with Crippen LogP contribution in [0.15, 0.2) is 24.3 Å². The van der Waals surface area contributed by atoms with Crippen LogP contribution in [-0.4, -0.2) is 5.78 Å². The van der Waals surface area contributed by atoms with Crippen LogP contribution in [0.4, 0.5) is 4.39 Å². The Bertz CT molecular complexity index is 498. The number of hydrogen-bond acceptors (Lipinski definition) is 2. The molecule has 3 heteroatoms. The number of halogens is 1. The van der Waals surface area contributed by atoms with Crippen molar-refractivity contribution in [2.75, 3.05) is 0 Å². The van der Waals surface area contributed by atoms with Gasteiger partial charge in [0.25, 0.3) is 0 Å². The molecule has 1 fully saturated rings. The lowest BCUT2D eigenvalue weighted by atomic mass is 9.81. The first-order chi connectivity index (χ1) is 9.72. The topological polar surface area (TPSA) is 40.9 Å². The van der Waals surface area contributed by atoms with Gasteiger partial charge in [0.1, 0.15) is 11.7 Å². The van der Waals surface area contributed by atoms with Crippen molar-refractivity contribution in [1.82, 2.24) is 0 Å². The summed E-state index contributed by atoms with van der Waals surface area (Å²) in [7, 11) is 0. The first-order valence-corrected chi connectivity index (χ1v) is 7.41. The summed E-state index contributed by atoms with van der Waals surface area (Å²) in [5.41, 5.74) is 0.486. The number of carbonyl (C=O) groups excluding carboxylic acids is 1. The molecular formula is C17H20FNO. The average molecular weight is 273 g/mol. The minimum Gasteiger partial charge on any atom is -0.298 e. The molecule has 1 unspecified atom stereocenters. The van der Waals surface area contributed by atoms with Crippen LogP contribution in [0.3, 0.4) is 0 Å². The van der Waals surface area contributed by atoms with E-state index >= 15 is 0 Å². The van der Waals surface area contributed by atoms with E-state index in [1.807, 2.05) is 0 Å². The fourth-order valence-electron chi connectivity index (χ4n) is 2.96. The maximum absolute atomic E-state index is 13.3. The van der Waals surface area contributed by atoms with Gasteiger partial charge < -0.3 is 0 Å². The summed E-state index contributed by atoms with van der Waals surface area (Å²) in [5, 5.41) is 9.30.